The molecule has 158 valence electrons. The van der Waals surface area contributed by atoms with Crippen LogP contribution in [0.1, 0.15) is 22.3 Å². The average Bonchev–Trinajstić information content (AvgIpc) is 2.73. The molecular weight excluding hydrogens is 386 g/mol. The van der Waals surface area contributed by atoms with E-state index < -0.39 is 30.5 Å². The number of carbonyl (C=O) groups excluding carboxylic acids is 3. The first kappa shape index (κ1) is 21.4. The number of carbonyl (C=O) groups is 3. The molecule has 0 fully saturated rings. The van der Waals surface area contributed by atoms with Crippen LogP contribution in [0.2, 0.25) is 0 Å². The SMILES string of the molecule is COC(=O)[C@H]1Cc2ccccc2CN1C(=O)COC(=O)COc1cc(C)cc(C)c1. The number of benzene rings is 2. The fraction of sp³-hybridized carbons (Fsp3) is 0.348. The fourth-order valence-electron chi connectivity index (χ4n) is 3.56. The highest BCUT2D eigenvalue weighted by molar-refractivity contribution is 5.87. The van der Waals surface area contributed by atoms with Gasteiger partial charge in [-0.15, -0.1) is 0 Å². The van der Waals surface area contributed by atoms with Gasteiger partial charge in [-0.2, -0.15) is 0 Å². The van der Waals surface area contributed by atoms with Gasteiger partial charge in [-0.05, 0) is 48.2 Å². The first-order valence-electron chi connectivity index (χ1n) is 9.68. The van der Waals surface area contributed by atoms with Crippen molar-refractivity contribution in [3.05, 3.63) is 64.7 Å². The van der Waals surface area contributed by atoms with E-state index in [1.807, 2.05) is 56.3 Å². The number of aryl methyl sites for hydroxylation is 2. The Hall–Kier alpha value is -3.35. The third kappa shape index (κ3) is 5.17. The van der Waals surface area contributed by atoms with Crippen molar-refractivity contribution in [1.29, 1.82) is 0 Å². The average molecular weight is 411 g/mol. The highest BCUT2D eigenvalue weighted by Gasteiger charge is 2.35. The van der Waals surface area contributed by atoms with Crippen LogP contribution in [0.4, 0.5) is 0 Å². The van der Waals surface area contributed by atoms with Gasteiger partial charge < -0.3 is 19.1 Å². The molecule has 0 aliphatic carbocycles. The fourth-order valence-corrected chi connectivity index (χ4v) is 3.56. The molecule has 0 spiro atoms. The molecule has 1 aliphatic heterocycles. The summed E-state index contributed by atoms with van der Waals surface area (Å²) in [5, 5.41) is 0. The highest BCUT2D eigenvalue weighted by atomic mass is 16.6. The van der Waals surface area contributed by atoms with Gasteiger partial charge in [0.2, 0.25) is 0 Å². The van der Waals surface area contributed by atoms with Gasteiger partial charge in [0.15, 0.2) is 13.2 Å². The molecule has 1 heterocycles. The second kappa shape index (κ2) is 9.43. The van der Waals surface area contributed by atoms with Crippen LogP contribution in [0.15, 0.2) is 42.5 Å². The van der Waals surface area contributed by atoms with Crippen LogP contribution >= 0.6 is 0 Å². The zero-order valence-corrected chi connectivity index (χ0v) is 17.3. The standard InChI is InChI=1S/C23H25NO6/c1-15-8-16(2)10-19(9-15)29-14-22(26)30-13-21(25)24-12-18-7-5-4-6-17(18)11-20(24)23(27)28-3/h4-10,20H,11-14H2,1-3H3/t20-/m1/s1. The van der Waals surface area contributed by atoms with Gasteiger partial charge in [-0.1, -0.05) is 30.3 Å². The lowest BCUT2D eigenvalue weighted by molar-refractivity contribution is -0.160. The third-order valence-electron chi connectivity index (χ3n) is 4.95. The minimum absolute atomic E-state index is 0.255. The van der Waals surface area contributed by atoms with Gasteiger partial charge in [-0.25, -0.2) is 9.59 Å². The van der Waals surface area contributed by atoms with E-state index in [-0.39, 0.29) is 13.2 Å². The maximum Gasteiger partial charge on any atom is 0.344 e. The van der Waals surface area contributed by atoms with Gasteiger partial charge in [0.25, 0.3) is 5.91 Å². The smallest absolute Gasteiger partial charge is 0.344 e. The van der Waals surface area contributed by atoms with Crippen molar-refractivity contribution in [2.24, 2.45) is 0 Å². The zero-order valence-electron chi connectivity index (χ0n) is 17.3. The number of methoxy groups -OCH3 is 1. The molecule has 0 saturated heterocycles. The van der Waals surface area contributed by atoms with Crippen LogP contribution in [-0.4, -0.2) is 49.1 Å². The molecule has 2 aromatic carbocycles. The molecule has 0 N–H and O–H groups in total. The lowest BCUT2D eigenvalue weighted by atomic mass is 9.94. The maximum absolute atomic E-state index is 12.7. The van der Waals surface area contributed by atoms with Crippen molar-refractivity contribution >= 4 is 17.8 Å². The molecule has 0 saturated carbocycles. The number of hydrogen-bond donors (Lipinski definition) is 0. The normalized spacial score (nSPS) is 15.2. The molecular formula is C23H25NO6. The molecule has 3 rings (SSSR count). The summed E-state index contributed by atoms with van der Waals surface area (Å²) in [6, 6.07) is 12.5. The topological polar surface area (TPSA) is 82.1 Å². The quantitative estimate of drug-likeness (QED) is 0.679. The summed E-state index contributed by atoms with van der Waals surface area (Å²) in [5.74, 6) is -1.05. The van der Waals surface area contributed by atoms with Crippen LogP contribution < -0.4 is 4.74 Å². The number of fused-ring (bicyclic) bond motifs is 1. The number of esters is 2. The van der Waals surface area contributed by atoms with Gasteiger partial charge in [0.05, 0.1) is 7.11 Å². The monoisotopic (exact) mass is 411 g/mol. The van der Waals surface area contributed by atoms with Crippen LogP contribution in [0.5, 0.6) is 5.75 Å². The summed E-state index contributed by atoms with van der Waals surface area (Å²) in [5.41, 5.74) is 3.99. The number of ether oxygens (including phenoxy) is 3. The molecule has 7 heteroatoms. The molecule has 1 amide bonds. The Morgan fingerprint density at radius 3 is 2.33 bits per heavy atom. The van der Waals surface area contributed by atoms with E-state index >= 15 is 0 Å². The van der Waals surface area contributed by atoms with Crippen molar-refractivity contribution < 1.29 is 28.6 Å². The molecule has 0 radical (unpaired) electrons. The molecule has 7 nitrogen and oxygen atoms in total. The second-order valence-corrected chi connectivity index (χ2v) is 7.31. The molecule has 30 heavy (non-hydrogen) atoms. The minimum Gasteiger partial charge on any atom is -0.482 e. The van der Waals surface area contributed by atoms with Crippen LogP contribution in [0, 0.1) is 13.8 Å². The van der Waals surface area contributed by atoms with Crippen molar-refractivity contribution in [3.8, 4) is 5.75 Å². The van der Waals surface area contributed by atoms with Crippen molar-refractivity contribution in [2.45, 2.75) is 32.9 Å². The minimum atomic E-state index is -0.748. The molecule has 0 bridgehead atoms. The Balaban J connectivity index is 1.58. The molecule has 0 aromatic heterocycles. The largest absolute Gasteiger partial charge is 0.482 e. The molecule has 1 aliphatic rings. The van der Waals surface area contributed by atoms with Gasteiger partial charge >= 0.3 is 11.9 Å². The van der Waals surface area contributed by atoms with Crippen molar-refractivity contribution in [3.63, 3.8) is 0 Å². The van der Waals surface area contributed by atoms with E-state index in [0.29, 0.717) is 12.2 Å². The summed E-state index contributed by atoms with van der Waals surface area (Å²) in [6.45, 7) is 3.35. The summed E-state index contributed by atoms with van der Waals surface area (Å²) < 4.78 is 15.4. The van der Waals surface area contributed by atoms with E-state index in [1.165, 1.54) is 12.0 Å². The number of amides is 1. The van der Waals surface area contributed by atoms with Crippen LogP contribution in [0.3, 0.4) is 0 Å². The second-order valence-electron chi connectivity index (χ2n) is 7.31. The summed E-state index contributed by atoms with van der Waals surface area (Å²) in [6.07, 6.45) is 0.359. The predicted molar refractivity (Wildman–Crippen MR) is 109 cm³/mol. The summed E-state index contributed by atoms with van der Waals surface area (Å²) in [7, 11) is 1.29. The van der Waals surface area contributed by atoms with E-state index in [4.69, 9.17) is 14.2 Å². The molecule has 2 aromatic rings. The first-order chi connectivity index (χ1) is 14.4. The first-order valence-corrected chi connectivity index (χ1v) is 9.68. The Morgan fingerprint density at radius 2 is 1.67 bits per heavy atom. The van der Waals surface area contributed by atoms with E-state index in [9.17, 15) is 14.4 Å². The lowest BCUT2D eigenvalue weighted by Crippen LogP contribution is -2.50. The van der Waals surface area contributed by atoms with E-state index in [0.717, 1.165) is 22.3 Å². The summed E-state index contributed by atoms with van der Waals surface area (Å²) in [4.78, 5) is 38.3. The van der Waals surface area contributed by atoms with Crippen molar-refractivity contribution in [1.82, 2.24) is 4.90 Å². The number of rotatable bonds is 6. The van der Waals surface area contributed by atoms with Crippen molar-refractivity contribution in [2.75, 3.05) is 20.3 Å². The Labute approximate surface area is 175 Å². The van der Waals surface area contributed by atoms with Crippen LogP contribution in [0.25, 0.3) is 0 Å². The lowest BCUT2D eigenvalue weighted by Gasteiger charge is -2.35. The van der Waals surface area contributed by atoms with E-state index in [2.05, 4.69) is 0 Å². The van der Waals surface area contributed by atoms with Crippen LogP contribution in [-0.2, 0) is 36.8 Å². The molecule has 1 atom stereocenters. The third-order valence-corrected chi connectivity index (χ3v) is 4.95. The highest BCUT2D eigenvalue weighted by Crippen LogP contribution is 2.24. The Kier molecular flexibility index (Phi) is 6.72. The number of nitrogens with zero attached hydrogens (tertiary/aromatic N) is 1. The molecule has 0 unspecified atom stereocenters. The van der Waals surface area contributed by atoms with Gasteiger partial charge in [0.1, 0.15) is 11.8 Å². The van der Waals surface area contributed by atoms with E-state index in [1.54, 1.807) is 0 Å². The maximum atomic E-state index is 12.7. The predicted octanol–water partition coefficient (Wildman–Crippen LogP) is 2.35. The summed E-state index contributed by atoms with van der Waals surface area (Å²) >= 11 is 0. The van der Waals surface area contributed by atoms with Gasteiger partial charge in [-0.3, -0.25) is 4.79 Å². The number of hydrogen-bond acceptors (Lipinski definition) is 6. The Bertz CT molecular complexity index is 934. The zero-order chi connectivity index (χ0) is 21.7. The Morgan fingerprint density at radius 1 is 1.00 bits per heavy atom. The van der Waals surface area contributed by atoms with Gasteiger partial charge in [0, 0.05) is 13.0 Å².